The second-order valence-electron chi connectivity index (χ2n) is 0.857. The van der Waals surface area contributed by atoms with Crippen molar-refractivity contribution >= 4 is 34.1 Å². The normalized spacial score (nSPS) is 13.1. The average molecular weight is 276 g/mol. The maximum Gasteiger partial charge on any atom is 0.319 e. The molecule has 0 spiro atoms. The van der Waals surface area contributed by atoms with Gasteiger partial charge in [-0.2, -0.15) is 33.0 Å². The average Bonchev–Trinajstić information content (AvgIpc) is 2.04. The van der Waals surface area contributed by atoms with Gasteiger partial charge in [-0.05, 0) is 0 Å². The molecule has 0 aliphatic rings. The SMILES string of the molecule is NOS(=O)O.NOS(=O)O.O=S(O)O. The Bertz CT molecular complexity index is 161. The van der Waals surface area contributed by atoms with Crippen molar-refractivity contribution in [2.24, 2.45) is 11.8 Å². The van der Waals surface area contributed by atoms with Crippen molar-refractivity contribution in [3.8, 4) is 0 Å². The smallest absolute Gasteiger partial charge is 0.284 e. The Labute approximate surface area is 85.8 Å². The van der Waals surface area contributed by atoms with Crippen LogP contribution in [0.15, 0.2) is 0 Å². The Morgan fingerprint density at radius 1 is 0.786 bits per heavy atom. The van der Waals surface area contributed by atoms with E-state index in [-0.39, 0.29) is 0 Å². The third-order valence-corrected chi connectivity index (χ3v) is 0.494. The summed E-state index contributed by atoms with van der Waals surface area (Å²) in [6, 6.07) is 0. The molecular weight excluding hydrogens is 268 g/mol. The highest BCUT2D eigenvalue weighted by atomic mass is 32.2. The molecule has 14 heteroatoms. The molecule has 0 bridgehead atoms. The van der Waals surface area contributed by atoms with Gasteiger partial charge < -0.3 is 0 Å². The molecular formula is H8N2O9S3. The Hall–Kier alpha value is 0.130. The summed E-state index contributed by atoms with van der Waals surface area (Å²) in [5.41, 5.74) is 0. The largest absolute Gasteiger partial charge is 0.319 e. The summed E-state index contributed by atoms with van der Waals surface area (Å²) in [5.74, 6) is 8.24. The van der Waals surface area contributed by atoms with Gasteiger partial charge in [-0.1, -0.05) is 0 Å². The Morgan fingerprint density at radius 2 is 0.857 bits per heavy atom. The number of hydrogen-bond donors (Lipinski definition) is 6. The van der Waals surface area contributed by atoms with E-state index in [1.165, 1.54) is 0 Å². The van der Waals surface area contributed by atoms with Crippen molar-refractivity contribution in [1.82, 2.24) is 0 Å². The molecule has 0 aromatic heterocycles. The van der Waals surface area contributed by atoms with Crippen LogP contribution in [0.5, 0.6) is 0 Å². The first-order valence-corrected chi connectivity index (χ1v) is 5.16. The molecule has 0 rings (SSSR count). The Balaban J connectivity index is -0.000000131. The highest BCUT2D eigenvalue weighted by molar-refractivity contribution is 7.74. The number of nitrogens with two attached hydrogens (primary N) is 2. The molecule has 0 aromatic rings. The van der Waals surface area contributed by atoms with Crippen LogP contribution in [0.4, 0.5) is 0 Å². The molecule has 90 valence electrons. The van der Waals surface area contributed by atoms with Gasteiger partial charge in [-0.25, -0.2) is 0 Å². The van der Waals surface area contributed by atoms with Crippen LogP contribution in [-0.4, -0.2) is 30.8 Å². The number of hydrogen-bond acceptors (Lipinski definition) is 7. The molecule has 2 atom stereocenters. The lowest BCUT2D eigenvalue weighted by molar-refractivity contribution is 0.319. The highest BCUT2D eigenvalue weighted by Crippen LogP contribution is 1.59. The summed E-state index contributed by atoms with van der Waals surface area (Å²) in [6.45, 7) is 0. The van der Waals surface area contributed by atoms with Crippen molar-refractivity contribution in [2.75, 3.05) is 0 Å². The van der Waals surface area contributed by atoms with Crippen LogP contribution >= 0.6 is 0 Å². The molecule has 0 saturated carbocycles. The first kappa shape index (κ1) is 19.7. The van der Waals surface area contributed by atoms with Crippen LogP contribution < -0.4 is 11.8 Å². The lowest BCUT2D eigenvalue weighted by atomic mass is 13.6. The standard InChI is InChI=1S/2H3NO3S.H2O3S/c2*1-4-5(2)3;1-4(2)3/h2*1H2,(H,2,3);(H2,1,2,3). The topological polar surface area (TPSA) is 203 Å². The minimum Gasteiger partial charge on any atom is -0.284 e. The Morgan fingerprint density at radius 3 is 0.857 bits per heavy atom. The van der Waals surface area contributed by atoms with Gasteiger partial charge in [0.15, 0.2) is 0 Å². The van der Waals surface area contributed by atoms with Gasteiger partial charge in [0.2, 0.25) is 0 Å². The fraction of sp³-hybridized carbons (Fsp3) is 0. The van der Waals surface area contributed by atoms with Gasteiger partial charge in [0.25, 0.3) is 11.4 Å². The molecule has 0 fully saturated rings. The van der Waals surface area contributed by atoms with Gasteiger partial charge in [-0.15, -0.1) is 0 Å². The zero-order valence-electron chi connectivity index (χ0n) is 6.21. The second kappa shape index (κ2) is 15.6. The second-order valence-corrected chi connectivity index (χ2v) is 2.57. The van der Waals surface area contributed by atoms with E-state index in [1.807, 2.05) is 0 Å². The zero-order chi connectivity index (χ0) is 12.1. The van der Waals surface area contributed by atoms with Gasteiger partial charge >= 0.3 is 22.7 Å². The monoisotopic (exact) mass is 276 g/mol. The maximum absolute atomic E-state index is 9.13. The van der Waals surface area contributed by atoms with E-state index in [1.54, 1.807) is 0 Å². The van der Waals surface area contributed by atoms with Crippen molar-refractivity contribution < 1.29 is 39.4 Å². The van der Waals surface area contributed by atoms with E-state index in [4.69, 9.17) is 30.8 Å². The fourth-order valence-electron chi connectivity index (χ4n) is 0. The third-order valence-electron chi connectivity index (χ3n) is 0.165. The number of rotatable bonds is 2. The summed E-state index contributed by atoms with van der Waals surface area (Å²) in [7, 11) is 0. The van der Waals surface area contributed by atoms with Crippen molar-refractivity contribution in [3.05, 3.63) is 0 Å². The molecule has 0 amide bonds. The van der Waals surface area contributed by atoms with Crippen LogP contribution in [0, 0.1) is 0 Å². The van der Waals surface area contributed by atoms with Gasteiger partial charge in [0.05, 0.1) is 0 Å². The van der Waals surface area contributed by atoms with E-state index in [0.717, 1.165) is 0 Å². The van der Waals surface area contributed by atoms with E-state index >= 15 is 0 Å². The van der Waals surface area contributed by atoms with Crippen LogP contribution in [0.25, 0.3) is 0 Å². The Kier molecular flexibility index (Phi) is 21.9. The molecule has 2 unspecified atom stereocenters. The predicted molar refractivity (Wildman–Crippen MR) is 45.5 cm³/mol. The molecule has 8 N–H and O–H groups in total. The predicted octanol–water partition coefficient (Wildman–Crippen LogP) is -2.29. The van der Waals surface area contributed by atoms with Crippen molar-refractivity contribution in [3.63, 3.8) is 0 Å². The first-order chi connectivity index (χ1) is 6.27. The molecule has 11 nitrogen and oxygen atoms in total. The quantitative estimate of drug-likeness (QED) is 0.234. The molecule has 0 aliphatic heterocycles. The van der Waals surface area contributed by atoms with Crippen LogP contribution in [0.1, 0.15) is 0 Å². The van der Waals surface area contributed by atoms with Crippen molar-refractivity contribution in [1.29, 1.82) is 0 Å². The van der Waals surface area contributed by atoms with Crippen LogP contribution in [0.3, 0.4) is 0 Å². The fourth-order valence-corrected chi connectivity index (χ4v) is 0. The van der Waals surface area contributed by atoms with E-state index in [2.05, 4.69) is 20.4 Å². The summed E-state index contributed by atoms with van der Waals surface area (Å²) >= 11 is -7.20. The summed E-state index contributed by atoms with van der Waals surface area (Å²) in [6.07, 6.45) is 0. The third kappa shape index (κ3) is 88.1. The van der Waals surface area contributed by atoms with Gasteiger partial charge in [0.1, 0.15) is 0 Å². The molecule has 0 radical (unpaired) electrons. The molecule has 0 aliphatic carbocycles. The summed E-state index contributed by atoms with van der Waals surface area (Å²) in [4.78, 5) is 0. The highest BCUT2D eigenvalue weighted by Gasteiger charge is 1.77. The molecule has 0 saturated heterocycles. The van der Waals surface area contributed by atoms with Gasteiger partial charge in [-0.3, -0.25) is 18.2 Å². The molecule has 0 aromatic carbocycles. The van der Waals surface area contributed by atoms with Crippen LogP contribution in [0.2, 0.25) is 0 Å². The van der Waals surface area contributed by atoms with E-state index in [9.17, 15) is 0 Å². The van der Waals surface area contributed by atoms with Crippen molar-refractivity contribution in [2.45, 2.75) is 0 Å². The first-order valence-electron chi connectivity index (χ1n) is 2.04. The summed E-state index contributed by atoms with van der Waals surface area (Å²) in [5, 5.41) is 0. The molecule has 0 heterocycles. The lowest BCUT2D eigenvalue weighted by Gasteiger charge is -1.75. The molecule has 14 heavy (non-hydrogen) atoms. The van der Waals surface area contributed by atoms with Gasteiger partial charge in [0, 0.05) is 0 Å². The zero-order valence-corrected chi connectivity index (χ0v) is 8.66. The minimum absolute atomic E-state index is 2.29. The summed E-state index contributed by atoms with van der Waals surface area (Å²) < 4.78 is 62.6. The minimum atomic E-state index is -2.61. The lowest BCUT2D eigenvalue weighted by Crippen LogP contribution is -2.00. The van der Waals surface area contributed by atoms with E-state index < -0.39 is 34.1 Å². The van der Waals surface area contributed by atoms with E-state index in [0.29, 0.717) is 0 Å². The maximum atomic E-state index is 9.13. The van der Waals surface area contributed by atoms with Crippen LogP contribution in [-0.2, 0) is 42.7 Å².